The van der Waals surface area contributed by atoms with Crippen molar-refractivity contribution in [3.8, 4) is 5.75 Å². The smallest absolute Gasteiger partial charge is 0.141 e. The molecule has 1 aromatic carbocycles. The third-order valence-electron chi connectivity index (χ3n) is 1.93. The predicted molar refractivity (Wildman–Crippen MR) is 51.7 cm³/mol. The summed E-state index contributed by atoms with van der Waals surface area (Å²) in [5, 5.41) is 18.1. The molecule has 78 valence electrons. The lowest BCUT2D eigenvalue weighted by Crippen LogP contribution is -2.14. The molecule has 3 nitrogen and oxygen atoms in total. The first kappa shape index (κ1) is 11.2. The third kappa shape index (κ3) is 2.15. The van der Waals surface area contributed by atoms with E-state index in [9.17, 15) is 9.50 Å². The van der Waals surface area contributed by atoms with Gasteiger partial charge in [0.1, 0.15) is 11.6 Å². The number of rotatable bonds is 3. The van der Waals surface area contributed by atoms with Crippen LogP contribution in [0.2, 0.25) is 5.02 Å². The number of nitrogens with two attached hydrogens (primary N) is 1. The van der Waals surface area contributed by atoms with Crippen molar-refractivity contribution >= 4 is 11.6 Å². The molecule has 1 atom stereocenters. The van der Waals surface area contributed by atoms with Crippen molar-refractivity contribution in [2.24, 2.45) is 5.73 Å². The normalized spacial score (nSPS) is 12.9. The minimum absolute atomic E-state index is 0.0495. The van der Waals surface area contributed by atoms with Gasteiger partial charge in [0.25, 0.3) is 0 Å². The molecule has 0 saturated heterocycles. The zero-order valence-corrected chi connectivity index (χ0v) is 8.13. The second kappa shape index (κ2) is 4.59. The maximum absolute atomic E-state index is 13.2. The fourth-order valence-electron chi connectivity index (χ4n) is 1.19. The molecule has 0 heterocycles. The van der Waals surface area contributed by atoms with Gasteiger partial charge in [-0.25, -0.2) is 4.39 Å². The highest BCUT2D eigenvalue weighted by Crippen LogP contribution is 2.33. The van der Waals surface area contributed by atoms with Gasteiger partial charge < -0.3 is 15.9 Å². The standard InChI is InChI=1S/C9H11ClFNO2/c10-5-1-2-6(11)8(9(5)14)7(12)3-4-13/h1-2,7,13-14H,3-4,12H2/t7-/m1/s1. The van der Waals surface area contributed by atoms with E-state index in [-0.39, 0.29) is 29.4 Å². The van der Waals surface area contributed by atoms with Crippen molar-refractivity contribution in [3.05, 3.63) is 28.5 Å². The maximum Gasteiger partial charge on any atom is 0.141 e. The van der Waals surface area contributed by atoms with Gasteiger partial charge in [-0.05, 0) is 18.6 Å². The fourth-order valence-corrected chi connectivity index (χ4v) is 1.36. The van der Waals surface area contributed by atoms with Gasteiger partial charge in [-0.1, -0.05) is 11.6 Å². The predicted octanol–water partition coefficient (Wildman–Crippen LogP) is 1.57. The number of phenols is 1. The summed E-state index contributed by atoms with van der Waals surface area (Å²) in [5.41, 5.74) is 5.51. The molecule has 1 aromatic rings. The summed E-state index contributed by atoms with van der Waals surface area (Å²) in [7, 11) is 0. The quantitative estimate of drug-likeness (QED) is 0.723. The van der Waals surface area contributed by atoms with E-state index in [0.717, 1.165) is 6.07 Å². The Morgan fingerprint density at radius 2 is 2.14 bits per heavy atom. The molecule has 0 spiro atoms. The van der Waals surface area contributed by atoms with Crippen LogP contribution < -0.4 is 5.73 Å². The van der Waals surface area contributed by atoms with Crippen LogP contribution in [0, 0.1) is 5.82 Å². The van der Waals surface area contributed by atoms with Gasteiger partial charge in [0, 0.05) is 18.2 Å². The molecule has 0 aliphatic rings. The molecule has 0 radical (unpaired) electrons. The largest absolute Gasteiger partial charge is 0.506 e. The van der Waals surface area contributed by atoms with Crippen molar-refractivity contribution < 1.29 is 14.6 Å². The van der Waals surface area contributed by atoms with Crippen LogP contribution in [0.5, 0.6) is 5.75 Å². The second-order valence-corrected chi connectivity index (χ2v) is 3.32. The van der Waals surface area contributed by atoms with E-state index in [0.29, 0.717) is 0 Å². The summed E-state index contributed by atoms with van der Waals surface area (Å²) in [4.78, 5) is 0. The molecule has 5 heteroatoms. The molecule has 0 aliphatic carbocycles. The molecule has 0 bridgehead atoms. The lowest BCUT2D eigenvalue weighted by Gasteiger charge is -2.13. The SMILES string of the molecule is N[C@H](CCO)c1c(F)ccc(Cl)c1O. The van der Waals surface area contributed by atoms with E-state index < -0.39 is 11.9 Å². The van der Waals surface area contributed by atoms with Crippen LogP contribution in [0.15, 0.2) is 12.1 Å². The molecule has 14 heavy (non-hydrogen) atoms. The van der Waals surface area contributed by atoms with Crippen molar-refractivity contribution in [3.63, 3.8) is 0 Å². The van der Waals surface area contributed by atoms with Crippen LogP contribution in [-0.2, 0) is 0 Å². The number of halogens is 2. The summed E-state index contributed by atoms with van der Waals surface area (Å²) in [5.74, 6) is -0.972. The molecule has 0 aromatic heterocycles. The van der Waals surface area contributed by atoms with Crippen molar-refractivity contribution in [1.82, 2.24) is 0 Å². The Labute approximate surface area is 85.9 Å². The Kier molecular flexibility index (Phi) is 3.69. The molecule has 0 amide bonds. The van der Waals surface area contributed by atoms with Crippen molar-refractivity contribution in [2.75, 3.05) is 6.61 Å². The van der Waals surface area contributed by atoms with Crippen LogP contribution in [-0.4, -0.2) is 16.8 Å². The molecule has 0 saturated carbocycles. The molecule has 0 unspecified atom stereocenters. The number of aliphatic hydroxyl groups excluding tert-OH is 1. The highest BCUT2D eigenvalue weighted by Gasteiger charge is 2.17. The number of phenolic OH excluding ortho intramolecular Hbond substituents is 1. The summed E-state index contributed by atoms with van der Waals surface area (Å²) in [6.45, 7) is -0.174. The average molecular weight is 220 g/mol. The highest BCUT2D eigenvalue weighted by atomic mass is 35.5. The van der Waals surface area contributed by atoms with E-state index in [1.165, 1.54) is 6.07 Å². The van der Waals surface area contributed by atoms with Gasteiger partial charge >= 0.3 is 0 Å². The Morgan fingerprint density at radius 1 is 1.50 bits per heavy atom. The Morgan fingerprint density at radius 3 is 2.71 bits per heavy atom. The summed E-state index contributed by atoms with van der Waals surface area (Å²) in [6.07, 6.45) is 0.171. The first-order chi connectivity index (χ1) is 6.57. The lowest BCUT2D eigenvalue weighted by atomic mass is 10.0. The number of benzene rings is 1. The molecule has 0 aliphatic heterocycles. The van der Waals surface area contributed by atoms with Crippen LogP contribution >= 0.6 is 11.6 Å². The van der Waals surface area contributed by atoms with Crippen LogP contribution in [0.1, 0.15) is 18.0 Å². The van der Waals surface area contributed by atoms with Crippen LogP contribution in [0.4, 0.5) is 4.39 Å². The van der Waals surface area contributed by atoms with Gasteiger partial charge in [-0.2, -0.15) is 0 Å². The molecular formula is C9H11ClFNO2. The number of hydrogen-bond acceptors (Lipinski definition) is 3. The first-order valence-corrected chi connectivity index (χ1v) is 4.49. The third-order valence-corrected chi connectivity index (χ3v) is 2.23. The highest BCUT2D eigenvalue weighted by molar-refractivity contribution is 6.32. The van der Waals surface area contributed by atoms with Gasteiger partial charge in [-0.3, -0.25) is 0 Å². The topological polar surface area (TPSA) is 66.5 Å². The maximum atomic E-state index is 13.2. The van der Waals surface area contributed by atoms with E-state index >= 15 is 0 Å². The number of hydrogen-bond donors (Lipinski definition) is 3. The molecule has 0 fully saturated rings. The van der Waals surface area contributed by atoms with Gasteiger partial charge in [-0.15, -0.1) is 0 Å². The lowest BCUT2D eigenvalue weighted by molar-refractivity contribution is 0.274. The van der Waals surface area contributed by atoms with Crippen molar-refractivity contribution in [2.45, 2.75) is 12.5 Å². The van der Waals surface area contributed by atoms with Crippen LogP contribution in [0.3, 0.4) is 0 Å². The van der Waals surface area contributed by atoms with E-state index in [1.807, 2.05) is 0 Å². The van der Waals surface area contributed by atoms with Crippen LogP contribution in [0.25, 0.3) is 0 Å². The van der Waals surface area contributed by atoms with E-state index in [1.54, 1.807) is 0 Å². The monoisotopic (exact) mass is 219 g/mol. The zero-order valence-electron chi connectivity index (χ0n) is 7.37. The molecule has 1 rings (SSSR count). The Bertz CT molecular complexity index is 333. The Balaban J connectivity index is 3.11. The Hall–Kier alpha value is -0.840. The van der Waals surface area contributed by atoms with Gasteiger partial charge in [0.15, 0.2) is 0 Å². The minimum Gasteiger partial charge on any atom is -0.506 e. The summed E-state index contributed by atoms with van der Waals surface area (Å²) in [6, 6.07) is 1.63. The van der Waals surface area contributed by atoms with E-state index in [2.05, 4.69) is 0 Å². The minimum atomic E-state index is -0.751. The number of aliphatic hydroxyl groups is 1. The second-order valence-electron chi connectivity index (χ2n) is 2.91. The summed E-state index contributed by atoms with van der Waals surface area (Å²) < 4.78 is 13.2. The van der Waals surface area contributed by atoms with Gasteiger partial charge in [0.2, 0.25) is 0 Å². The zero-order chi connectivity index (χ0) is 10.7. The fraction of sp³-hybridized carbons (Fsp3) is 0.333. The van der Waals surface area contributed by atoms with E-state index in [4.69, 9.17) is 22.4 Å². The molecular weight excluding hydrogens is 209 g/mol. The first-order valence-electron chi connectivity index (χ1n) is 4.11. The summed E-state index contributed by atoms with van der Waals surface area (Å²) >= 11 is 5.60. The van der Waals surface area contributed by atoms with Crippen molar-refractivity contribution in [1.29, 1.82) is 0 Å². The number of aromatic hydroxyl groups is 1. The average Bonchev–Trinajstić information content (AvgIpc) is 2.13. The van der Waals surface area contributed by atoms with Gasteiger partial charge in [0.05, 0.1) is 5.02 Å². The molecule has 4 N–H and O–H groups in total.